The van der Waals surface area contributed by atoms with Crippen molar-refractivity contribution in [1.29, 1.82) is 0 Å². The monoisotopic (exact) mass is 345 g/mol. The second-order valence-corrected chi connectivity index (χ2v) is 10.7. The molecule has 2 heteroatoms. The summed E-state index contributed by atoms with van der Waals surface area (Å²) in [6.07, 6.45) is 12.3. The summed E-state index contributed by atoms with van der Waals surface area (Å²) in [4.78, 5) is 14.8. The SMILES string of the molecule is CC(=O)[C@H]1CC[C@H]2[C@@H]3CCC4CCCC(N(C)C)[C@]4(C)[C@H]3CC[C@]12C. The van der Waals surface area contributed by atoms with E-state index < -0.39 is 0 Å². The van der Waals surface area contributed by atoms with Gasteiger partial charge in [0.1, 0.15) is 5.78 Å². The molecule has 0 saturated heterocycles. The molecule has 4 aliphatic rings. The van der Waals surface area contributed by atoms with Crippen LogP contribution in [0.15, 0.2) is 0 Å². The Hall–Kier alpha value is -0.370. The van der Waals surface area contributed by atoms with E-state index in [0.29, 0.717) is 22.5 Å². The fourth-order valence-corrected chi connectivity index (χ4v) is 8.80. The van der Waals surface area contributed by atoms with Gasteiger partial charge in [-0.3, -0.25) is 4.79 Å². The Morgan fingerprint density at radius 2 is 1.68 bits per heavy atom. The molecule has 0 aromatic rings. The number of ketones is 1. The van der Waals surface area contributed by atoms with Crippen molar-refractivity contribution in [2.24, 2.45) is 40.4 Å². The molecule has 2 unspecified atom stereocenters. The molecule has 2 nitrogen and oxygen atoms in total. The van der Waals surface area contributed by atoms with Crippen molar-refractivity contribution in [3.05, 3.63) is 0 Å². The zero-order chi connectivity index (χ0) is 18.0. The normalized spacial score (nSPS) is 52.4. The van der Waals surface area contributed by atoms with Crippen LogP contribution < -0.4 is 0 Å². The van der Waals surface area contributed by atoms with Crippen molar-refractivity contribution in [3.63, 3.8) is 0 Å². The van der Waals surface area contributed by atoms with Gasteiger partial charge in [0, 0.05) is 12.0 Å². The summed E-state index contributed by atoms with van der Waals surface area (Å²) in [7, 11) is 4.63. The molecule has 142 valence electrons. The highest BCUT2D eigenvalue weighted by atomic mass is 16.1. The predicted octanol–water partition coefficient (Wildman–Crippen LogP) is 5.16. The molecule has 4 rings (SSSR count). The van der Waals surface area contributed by atoms with Crippen LogP contribution in [0, 0.1) is 40.4 Å². The van der Waals surface area contributed by atoms with Gasteiger partial charge < -0.3 is 4.90 Å². The average Bonchev–Trinajstić information content (AvgIpc) is 2.91. The number of hydrogen-bond donors (Lipinski definition) is 0. The predicted molar refractivity (Wildman–Crippen MR) is 103 cm³/mol. The lowest BCUT2D eigenvalue weighted by Gasteiger charge is -2.63. The summed E-state index contributed by atoms with van der Waals surface area (Å²) in [6.45, 7) is 7.00. The minimum atomic E-state index is 0.304. The van der Waals surface area contributed by atoms with E-state index in [4.69, 9.17) is 0 Å². The molecule has 0 radical (unpaired) electrons. The van der Waals surface area contributed by atoms with Crippen molar-refractivity contribution >= 4 is 5.78 Å². The standard InChI is InChI=1S/C23H39NO/c1-15(25)18-11-12-19-17-10-9-16-7-6-8-21(24(4)5)23(16,3)20(17)13-14-22(18,19)2/h16-21H,6-14H2,1-5H3/t16?,17-,18+,19-,20-,21?,22+,23-/m0/s1. The largest absolute Gasteiger partial charge is 0.306 e. The zero-order valence-corrected chi connectivity index (χ0v) is 17.2. The molecule has 25 heavy (non-hydrogen) atoms. The minimum Gasteiger partial charge on any atom is -0.306 e. The number of Topliss-reactive ketones (excluding diaryl/α,β-unsaturated/α-hetero) is 1. The molecule has 0 spiro atoms. The topological polar surface area (TPSA) is 20.3 Å². The molecule has 0 heterocycles. The first kappa shape index (κ1) is 18.0. The molecule has 0 amide bonds. The lowest BCUT2D eigenvalue weighted by Crippen LogP contribution is -2.60. The molecule has 8 atom stereocenters. The van der Waals surface area contributed by atoms with E-state index in [0.717, 1.165) is 36.1 Å². The van der Waals surface area contributed by atoms with Crippen molar-refractivity contribution in [1.82, 2.24) is 4.90 Å². The fourth-order valence-electron chi connectivity index (χ4n) is 8.80. The maximum absolute atomic E-state index is 12.3. The first-order valence-electron chi connectivity index (χ1n) is 11.0. The van der Waals surface area contributed by atoms with E-state index in [-0.39, 0.29) is 0 Å². The lowest BCUT2D eigenvalue weighted by atomic mass is 9.43. The highest BCUT2D eigenvalue weighted by molar-refractivity contribution is 5.79. The number of rotatable bonds is 2. The van der Waals surface area contributed by atoms with Crippen LogP contribution in [-0.2, 0) is 4.79 Å². The van der Waals surface area contributed by atoms with Gasteiger partial charge in [-0.15, -0.1) is 0 Å². The maximum atomic E-state index is 12.3. The third kappa shape index (κ3) is 2.42. The number of hydrogen-bond acceptors (Lipinski definition) is 2. The summed E-state index contributed by atoms with van der Waals surface area (Å²) in [5, 5.41) is 0. The van der Waals surface area contributed by atoms with Crippen LogP contribution >= 0.6 is 0 Å². The number of carbonyl (C=O) groups excluding carboxylic acids is 1. The molecule has 4 fully saturated rings. The highest BCUT2D eigenvalue weighted by Crippen LogP contribution is 2.67. The Labute approximate surface area is 155 Å². The van der Waals surface area contributed by atoms with Crippen LogP contribution in [0.2, 0.25) is 0 Å². The van der Waals surface area contributed by atoms with Gasteiger partial charge in [-0.1, -0.05) is 20.3 Å². The maximum Gasteiger partial charge on any atom is 0.133 e. The van der Waals surface area contributed by atoms with Crippen molar-refractivity contribution < 1.29 is 4.79 Å². The highest BCUT2D eigenvalue weighted by Gasteiger charge is 2.62. The van der Waals surface area contributed by atoms with Crippen LogP contribution in [0.3, 0.4) is 0 Å². The molecule has 4 saturated carbocycles. The first-order valence-corrected chi connectivity index (χ1v) is 11.0. The van der Waals surface area contributed by atoms with Gasteiger partial charge in [0.2, 0.25) is 0 Å². The lowest BCUT2D eigenvalue weighted by molar-refractivity contribution is -0.146. The van der Waals surface area contributed by atoms with Gasteiger partial charge in [0.05, 0.1) is 0 Å². The Balaban J connectivity index is 1.67. The van der Waals surface area contributed by atoms with E-state index in [2.05, 4.69) is 32.8 Å². The van der Waals surface area contributed by atoms with E-state index in [1.165, 1.54) is 51.4 Å². The van der Waals surface area contributed by atoms with Crippen molar-refractivity contribution in [2.75, 3.05) is 14.1 Å². The van der Waals surface area contributed by atoms with E-state index in [1.807, 2.05) is 6.92 Å². The quantitative estimate of drug-likeness (QED) is 0.688. The zero-order valence-electron chi connectivity index (χ0n) is 17.2. The van der Waals surface area contributed by atoms with Crippen LogP contribution in [0.5, 0.6) is 0 Å². The summed E-state index contributed by atoms with van der Waals surface area (Å²) < 4.78 is 0. The molecular weight excluding hydrogens is 306 g/mol. The molecule has 4 aliphatic carbocycles. The molecule has 0 bridgehead atoms. The van der Waals surface area contributed by atoms with Crippen molar-refractivity contribution in [3.8, 4) is 0 Å². The second kappa shape index (κ2) is 6.08. The third-order valence-electron chi connectivity index (χ3n) is 9.83. The summed E-state index contributed by atoms with van der Waals surface area (Å²) in [5.41, 5.74) is 0.804. The van der Waals surface area contributed by atoms with Gasteiger partial charge in [-0.25, -0.2) is 0 Å². The first-order chi connectivity index (χ1) is 11.8. The Morgan fingerprint density at radius 3 is 2.36 bits per heavy atom. The van der Waals surface area contributed by atoms with Crippen LogP contribution in [0.1, 0.15) is 78.6 Å². The Morgan fingerprint density at radius 1 is 0.920 bits per heavy atom. The van der Waals surface area contributed by atoms with Crippen LogP contribution in [0.4, 0.5) is 0 Å². The second-order valence-electron chi connectivity index (χ2n) is 10.7. The number of fused-ring (bicyclic) bond motifs is 5. The molecule has 0 aromatic heterocycles. The smallest absolute Gasteiger partial charge is 0.133 e. The van der Waals surface area contributed by atoms with Gasteiger partial charge in [-0.2, -0.15) is 0 Å². The summed E-state index contributed by atoms with van der Waals surface area (Å²) in [6, 6.07) is 0.758. The third-order valence-corrected chi connectivity index (χ3v) is 9.83. The van der Waals surface area contributed by atoms with Crippen molar-refractivity contribution in [2.45, 2.75) is 84.6 Å². The van der Waals surface area contributed by atoms with E-state index in [1.54, 1.807) is 0 Å². The molecule has 0 aromatic carbocycles. The minimum absolute atomic E-state index is 0.304. The van der Waals surface area contributed by atoms with Crippen LogP contribution in [0.25, 0.3) is 0 Å². The summed E-state index contributed by atoms with van der Waals surface area (Å²) >= 11 is 0. The van der Waals surface area contributed by atoms with Gasteiger partial charge in [0.15, 0.2) is 0 Å². The molecular formula is C23H39NO. The van der Waals surface area contributed by atoms with Gasteiger partial charge in [0.25, 0.3) is 0 Å². The summed E-state index contributed by atoms with van der Waals surface area (Å²) in [5.74, 6) is 4.33. The Bertz CT molecular complexity index is 542. The molecule has 0 aliphatic heterocycles. The fraction of sp³-hybridized carbons (Fsp3) is 0.957. The Kier molecular flexibility index (Phi) is 4.38. The van der Waals surface area contributed by atoms with Gasteiger partial charge >= 0.3 is 0 Å². The molecule has 0 N–H and O–H groups in total. The van der Waals surface area contributed by atoms with Gasteiger partial charge in [-0.05, 0) is 107 Å². The average molecular weight is 346 g/mol. The number of carbonyl (C=O) groups is 1. The van der Waals surface area contributed by atoms with E-state index >= 15 is 0 Å². The van der Waals surface area contributed by atoms with Crippen LogP contribution in [-0.4, -0.2) is 30.8 Å². The van der Waals surface area contributed by atoms with E-state index in [9.17, 15) is 4.79 Å². The number of nitrogens with zero attached hydrogens (tertiary/aromatic N) is 1.